The molecule has 0 saturated carbocycles. The lowest BCUT2D eigenvalue weighted by Gasteiger charge is -2.11. The first-order chi connectivity index (χ1) is 9.66. The molecule has 0 atom stereocenters. The molecular formula is C16H19ClN2O. The first-order valence-corrected chi connectivity index (χ1v) is 7.39. The van der Waals surface area contributed by atoms with E-state index in [0.717, 1.165) is 41.2 Å². The predicted octanol–water partition coefficient (Wildman–Crippen LogP) is 4.44. The number of rotatable bonds is 5. The topological polar surface area (TPSA) is 35.0 Å². The van der Waals surface area contributed by atoms with Crippen LogP contribution in [0.15, 0.2) is 24.3 Å². The molecule has 0 aliphatic carbocycles. The van der Waals surface area contributed by atoms with E-state index < -0.39 is 0 Å². The van der Waals surface area contributed by atoms with Gasteiger partial charge in [-0.2, -0.15) is 0 Å². The van der Waals surface area contributed by atoms with Gasteiger partial charge in [-0.25, -0.2) is 4.98 Å². The Bertz CT molecular complexity index is 577. The van der Waals surface area contributed by atoms with Crippen molar-refractivity contribution in [3.8, 4) is 11.6 Å². The van der Waals surface area contributed by atoms with Crippen LogP contribution < -0.4 is 4.74 Å². The maximum Gasteiger partial charge on any atom is 0.219 e. The zero-order valence-electron chi connectivity index (χ0n) is 12.1. The minimum absolute atomic E-state index is 0.457. The number of pyridine rings is 2. The molecule has 2 aromatic rings. The van der Waals surface area contributed by atoms with Crippen LogP contribution in [0, 0.1) is 6.92 Å². The minimum Gasteiger partial charge on any atom is -0.437 e. The van der Waals surface area contributed by atoms with Gasteiger partial charge >= 0.3 is 0 Å². The lowest BCUT2D eigenvalue weighted by molar-refractivity contribution is 0.451. The van der Waals surface area contributed by atoms with E-state index in [1.165, 1.54) is 0 Å². The number of hydrogen-bond donors (Lipinski definition) is 0. The van der Waals surface area contributed by atoms with Crippen LogP contribution in [-0.2, 0) is 18.7 Å². The molecule has 20 heavy (non-hydrogen) atoms. The van der Waals surface area contributed by atoms with Gasteiger partial charge in [0, 0.05) is 23.3 Å². The Labute approximate surface area is 125 Å². The quantitative estimate of drug-likeness (QED) is 0.764. The van der Waals surface area contributed by atoms with Crippen molar-refractivity contribution in [2.24, 2.45) is 0 Å². The van der Waals surface area contributed by atoms with Crippen LogP contribution in [0.3, 0.4) is 0 Å². The summed E-state index contributed by atoms with van der Waals surface area (Å²) in [5, 5.41) is 0. The van der Waals surface area contributed by atoms with Gasteiger partial charge < -0.3 is 4.74 Å². The second-order valence-corrected chi connectivity index (χ2v) is 4.91. The lowest BCUT2D eigenvalue weighted by atomic mass is 10.2. The molecule has 0 amide bonds. The van der Waals surface area contributed by atoms with E-state index in [-0.39, 0.29) is 0 Å². The SMILES string of the molecule is CCc1cc(CCl)cc(Oc2ccc(C)nc2CC)n1. The summed E-state index contributed by atoms with van der Waals surface area (Å²) in [6.07, 6.45) is 1.68. The fourth-order valence-corrected chi connectivity index (χ4v) is 2.14. The molecule has 3 nitrogen and oxygen atoms in total. The van der Waals surface area contributed by atoms with E-state index in [4.69, 9.17) is 16.3 Å². The highest BCUT2D eigenvalue weighted by atomic mass is 35.5. The van der Waals surface area contributed by atoms with Crippen molar-refractivity contribution in [1.29, 1.82) is 0 Å². The summed E-state index contributed by atoms with van der Waals surface area (Å²) in [7, 11) is 0. The van der Waals surface area contributed by atoms with Crippen molar-refractivity contribution in [3.63, 3.8) is 0 Å². The van der Waals surface area contributed by atoms with Crippen molar-refractivity contribution in [3.05, 3.63) is 46.9 Å². The van der Waals surface area contributed by atoms with Crippen molar-refractivity contribution >= 4 is 11.6 Å². The first kappa shape index (κ1) is 14.8. The van der Waals surface area contributed by atoms with Crippen LogP contribution in [0.5, 0.6) is 11.6 Å². The molecule has 106 valence electrons. The Hall–Kier alpha value is -1.61. The molecule has 0 radical (unpaired) electrons. The second kappa shape index (κ2) is 6.71. The van der Waals surface area contributed by atoms with Crippen LogP contribution in [0.4, 0.5) is 0 Å². The zero-order chi connectivity index (χ0) is 14.5. The van der Waals surface area contributed by atoms with Crippen molar-refractivity contribution in [2.45, 2.75) is 39.5 Å². The lowest BCUT2D eigenvalue weighted by Crippen LogP contribution is -1.99. The third-order valence-electron chi connectivity index (χ3n) is 3.05. The summed E-state index contributed by atoms with van der Waals surface area (Å²) in [6, 6.07) is 7.78. The number of alkyl halides is 1. The van der Waals surface area contributed by atoms with Gasteiger partial charge in [0.1, 0.15) is 0 Å². The van der Waals surface area contributed by atoms with Crippen LogP contribution >= 0.6 is 11.6 Å². The van der Waals surface area contributed by atoms with E-state index in [9.17, 15) is 0 Å². The molecule has 0 N–H and O–H groups in total. The Kier molecular flexibility index (Phi) is 4.96. The standard InChI is InChI=1S/C16H19ClN2O/c1-4-13-8-12(10-17)9-16(19-13)20-15-7-6-11(3)18-14(15)5-2/h6-9H,4-5,10H2,1-3H3. The molecule has 4 heteroatoms. The summed E-state index contributed by atoms with van der Waals surface area (Å²) >= 11 is 5.91. The van der Waals surface area contributed by atoms with Gasteiger partial charge in [-0.3, -0.25) is 4.98 Å². The number of ether oxygens (including phenoxy) is 1. The zero-order valence-corrected chi connectivity index (χ0v) is 12.9. The molecule has 0 fully saturated rings. The summed E-state index contributed by atoms with van der Waals surface area (Å²) in [4.78, 5) is 8.98. The molecule has 0 aliphatic heterocycles. The van der Waals surface area contributed by atoms with Gasteiger partial charge in [0.05, 0.1) is 5.69 Å². The van der Waals surface area contributed by atoms with E-state index in [0.29, 0.717) is 11.8 Å². The van der Waals surface area contributed by atoms with Gasteiger partial charge in [0.2, 0.25) is 5.88 Å². The Morgan fingerprint density at radius 2 is 1.90 bits per heavy atom. The second-order valence-electron chi connectivity index (χ2n) is 4.65. The highest BCUT2D eigenvalue weighted by molar-refractivity contribution is 6.17. The van der Waals surface area contributed by atoms with Crippen molar-refractivity contribution < 1.29 is 4.74 Å². The molecule has 0 spiro atoms. The molecule has 0 bridgehead atoms. The highest BCUT2D eigenvalue weighted by Gasteiger charge is 2.08. The fraction of sp³-hybridized carbons (Fsp3) is 0.375. The normalized spacial score (nSPS) is 10.6. The maximum absolute atomic E-state index is 5.91. The van der Waals surface area contributed by atoms with Crippen molar-refractivity contribution in [2.75, 3.05) is 0 Å². The van der Waals surface area contributed by atoms with Gasteiger partial charge in [0.15, 0.2) is 5.75 Å². The van der Waals surface area contributed by atoms with E-state index in [2.05, 4.69) is 23.8 Å². The number of aryl methyl sites for hydroxylation is 3. The smallest absolute Gasteiger partial charge is 0.219 e. The van der Waals surface area contributed by atoms with Gasteiger partial charge in [-0.05, 0) is 43.5 Å². The van der Waals surface area contributed by atoms with Gasteiger partial charge in [0.25, 0.3) is 0 Å². The fourth-order valence-electron chi connectivity index (χ4n) is 1.99. The number of halogens is 1. The number of aromatic nitrogens is 2. The van der Waals surface area contributed by atoms with Crippen LogP contribution in [0.1, 0.15) is 36.5 Å². The van der Waals surface area contributed by atoms with Gasteiger partial charge in [-0.15, -0.1) is 11.6 Å². The first-order valence-electron chi connectivity index (χ1n) is 6.86. The average Bonchev–Trinajstić information content (AvgIpc) is 2.48. The number of nitrogens with zero attached hydrogens (tertiary/aromatic N) is 2. The van der Waals surface area contributed by atoms with E-state index >= 15 is 0 Å². The third kappa shape index (κ3) is 3.48. The number of hydrogen-bond acceptors (Lipinski definition) is 3. The molecule has 2 rings (SSSR count). The summed E-state index contributed by atoms with van der Waals surface area (Å²) in [6.45, 7) is 6.11. The van der Waals surface area contributed by atoms with Gasteiger partial charge in [-0.1, -0.05) is 13.8 Å². The van der Waals surface area contributed by atoms with Crippen LogP contribution in [0.25, 0.3) is 0 Å². The molecule has 0 unspecified atom stereocenters. The Morgan fingerprint density at radius 1 is 1.10 bits per heavy atom. The monoisotopic (exact) mass is 290 g/mol. The van der Waals surface area contributed by atoms with Crippen LogP contribution in [0.2, 0.25) is 0 Å². The predicted molar refractivity (Wildman–Crippen MR) is 81.6 cm³/mol. The van der Waals surface area contributed by atoms with E-state index in [1.54, 1.807) is 0 Å². The third-order valence-corrected chi connectivity index (χ3v) is 3.36. The van der Waals surface area contributed by atoms with E-state index in [1.807, 2.05) is 31.2 Å². The Balaban J connectivity index is 2.34. The summed E-state index contributed by atoms with van der Waals surface area (Å²) in [5.74, 6) is 1.80. The molecule has 0 saturated heterocycles. The minimum atomic E-state index is 0.457. The molecule has 0 aliphatic rings. The Morgan fingerprint density at radius 3 is 2.55 bits per heavy atom. The molecule has 2 aromatic heterocycles. The summed E-state index contributed by atoms with van der Waals surface area (Å²) < 4.78 is 5.91. The van der Waals surface area contributed by atoms with Crippen molar-refractivity contribution in [1.82, 2.24) is 9.97 Å². The molecule has 2 heterocycles. The maximum atomic E-state index is 5.91. The van der Waals surface area contributed by atoms with Crippen LogP contribution in [-0.4, -0.2) is 9.97 Å². The largest absolute Gasteiger partial charge is 0.437 e. The summed E-state index contributed by atoms with van der Waals surface area (Å²) in [5.41, 5.74) is 3.94. The highest BCUT2D eigenvalue weighted by Crippen LogP contribution is 2.25. The average molecular weight is 291 g/mol. The molecule has 0 aromatic carbocycles. The molecular weight excluding hydrogens is 272 g/mol.